The van der Waals surface area contributed by atoms with Gasteiger partial charge in [-0.05, 0) is 64.5 Å². The fraction of sp³-hybridized carbons (Fsp3) is 0.619. The fourth-order valence-electron chi connectivity index (χ4n) is 3.78. The standard InChI is InChI=1S/C21H29N3O4/c1-21(2,3)28-20(27)13-4-7-15(8-5-13)23-17-10-6-14(12-22-17)16-9-11-18(25)24-19(16)26/h6,10,12-13,15-16H,4-5,7-9,11H2,1-3H3,(H,22,23)(H,24,25,26). The summed E-state index contributed by atoms with van der Waals surface area (Å²) >= 11 is 0. The monoisotopic (exact) mass is 387 g/mol. The average molecular weight is 387 g/mol. The molecule has 0 bridgehead atoms. The lowest BCUT2D eigenvalue weighted by molar-refractivity contribution is -0.161. The molecule has 2 amide bonds. The molecule has 1 atom stereocenters. The van der Waals surface area contributed by atoms with Gasteiger partial charge in [0, 0.05) is 18.7 Å². The van der Waals surface area contributed by atoms with Crippen molar-refractivity contribution in [1.82, 2.24) is 10.3 Å². The first-order chi connectivity index (χ1) is 13.2. The summed E-state index contributed by atoms with van der Waals surface area (Å²) < 4.78 is 5.49. The molecule has 1 saturated heterocycles. The van der Waals surface area contributed by atoms with Gasteiger partial charge in [0.1, 0.15) is 11.4 Å². The number of hydrogen-bond donors (Lipinski definition) is 2. The Morgan fingerprint density at radius 1 is 1.14 bits per heavy atom. The normalized spacial score (nSPS) is 25.8. The van der Waals surface area contributed by atoms with Crippen LogP contribution in [-0.2, 0) is 19.1 Å². The Morgan fingerprint density at radius 2 is 1.86 bits per heavy atom. The number of nitrogens with one attached hydrogen (secondary N) is 2. The lowest BCUT2D eigenvalue weighted by Crippen LogP contribution is -2.39. The quantitative estimate of drug-likeness (QED) is 0.609. The van der Waals surface area contributed by atoms with Gasteiger partial charge in [0.2, 0.25) is 11.8 Å². The molecule has 7 nitrogen and oxygen atoms in total. The van der Waals surface area contributed by atoms with E-state index in [2.05, 4.69) is 15.6 Å². The highest BCUT2D eigenvalue weighted by Crippen LogP contribution is 2.29. The van der Waals surface area contributed by atoms with Gasteiger partial charge in [0.15, 0.2) is 0 Å². The van der Waals surface area contributed by atoms with Crippen LogP contribution < -0.4 is 10.6 Å². The summed E-state index contributed by atoms with van der Waals surface area (Å²) in [5.74, 6) is -0.146. The number of aromatic nitrogens is 1. The first-order valence-electron chi connectivity index (χ1n) is 10.0. The Morgan fingerprint density at radius 3 is 2.43 bits per heavy atom. The highest BCUT2D eigenvalue weighted by Gasteiger charge is 2.30. The third kappa shape index (κ3) is 5.30. The number of esters is 1. The zero-order valence-electron chi connectivity index (χ0n) is 16.8. The van der Waals surface area contributed by atoms with Gasteiger partial charge in [-0.3, -0.25) is 19.7 Å². The topological polar surface area (TPSA) is 97.4 Å². The number of anilines is 1. The molecule has 0 spiro atoms. The molecule has 7 heteroatoms. The van der Waals surface area contributed by atoms with Crippen molar-refractivity contribution in [2.45, 2.75) is 76.9 Å². The second kappa shape index (κ2) is 8.29. The number of amides is 2. The Balaban J connectivity index is 1.50. The third-order valence-corrected chi connectivity index (χ3v) is 5.25. The molecule has 2 heterocycles. The highest BCUT2D eigenvalue weighted by molar-refractivity contribution is 6.00. The molecule has 152 valence electrons. The van der Waals surface area contributed by atoms with Crippen molar-refractivity contribution >= 4 is 23.6 Å². The maximum atomic E-state index is 12.2. The molecule has 1 aliphatic heterocycles. The number of hydrogen-bond acceptors (Lipinski definition) is 6. The molecule has 1 unspecified atom stereocenters. The Labute approximate surface area is 165 Å². The number of carbonyl (C=O) groups excluding carboxylic acids is 3. The van der Waals surface area contributed by atoms with Gasteiger partial charge in [-0.2, -0.15) is 0 Å². The fourth-order valence-corrected chi connectivity index (χ4v) is 3.78. The van der Waals surface area contributed by atoms with Crippen LogP contribution in [0.4, 0.5) is 5.82 Å². The number of pyridine rings is 1. The first-order valence-corrected chi connectivity index (χ1v) is 10.0. The van der Waals surface area contributed by atoms with Gasteiger partial charge in [-0.15, -0.1) is 0 Å². The molecule has 0 aromatic carbocycles. The minimum absolute atomic E-state index is 0.0277. The van der Waals surface area contributed by atoms with Crippen LogP contribution >= 0.6 is 0 Å². The predicted molar refractivity (Wildman–Crippen MR) is 105 cm³/mol. The minimum Gasteiger partial charge on any atom is -0.460 e. The number of imide groups is 1. The van der Waals surface area contributed by atoms with E-state index in [-0.39, 0.29) is 35.7 Å². The third-order valence-electron chi connectivity index (χ3n) is 5.25. The van der Waals surface area contributed by atoms with Crippen molar-refractivity contribution in [2.75, 3.05) is 5.32 Å². The molecule has 1 aromatic rings. The van der Waals surface area contributed by atoms with E-state index < -0.39 is 5.60 Å². The van der Waals surface area contributed by atoms with Crippen molar-refractivity contribution in [3.05, 3.63) is 23.9 Å². The second-order valence-corrected chi connectivity index (χ2v) is 8.71. The van der Waals surface area contributed by atoms with Gasteiger partial charge in [0.05, 0.1) is 11.8 Å². The van der Waals surface area contributed by atoms with Crippen molar-refractivity contribution in [2.24, 2.45) is 5.92 Å². The average Bonchev–Trinajstić information content (AvgIpc) is 2.62. The van der Waals surface area contributed by atoms with E-state index in [0.717, 1.165) is 37.1 Å². The molecule has 3 rings (SSSR count). The first kappa shape index (κ1) is 20.3. The zero-order chi connectivity index (χ0) is 20.3. The largest absolute Gasteiger partial charge is 0.460 e. The van der Waals surface area contributed by atoms with Gasteiger partial charge >= 0.3 is 5.97 Å². The van der Waals surface area contributed by atoms with Crippen LogP contribution in [0, 0.1) is 5.92 Å². The highest BCUT2D eigenvalue weighted by atomic mass is 16.6. The van der Waals surface area contributed by atoms with Crippen LogP contribution in [0.25, 0.3) is 0 Å². The molecule has 2 fully saturated rings. The lowest BCUT2D eigenvalue weighted by Gasteiger charge is -2.30. The summed E-state index contributed by atoms with van der Waals surface area (Å²) in [7, 11) is 0. The van der Waals surface area contributed by atoms with Crippen molar-refractivity contribution < 1.29 is 19.1 Å². The van der Waals surface area contributed by atoms with Crippen LogP contribution in [0.2, 0.25) is 0 Å². The van der Waals surface area contributed by atoms with E-state index in [1.54, 1.807) is 6.20 Å². The van der Waals surface area contributed by atoms with Crippen LogP contribution in [-0.4, -0.2) is 34.4 Å². The molecule has 1 saturated carbocycles. The van der Waals surface area contributed by atoms with E-state index in [0.29, 0.717) is 12.8 Å². The molecular weight excluding hydrogens is 358 g/mol. The molecule has 1 aliphatic carbocycles. The van der Waals surface area contributed by atoms with Crippen molar-refractivity contribution in [1.29, 1.82) is 0 Å². The van der Waals surface area contributed by atoms with Gasteiger partial charge in [-0.25, -0.2) is 4.98 Å². The van der Waals surface area contributed by atoms with Gasteiger partial charge in [-0.1, -0.05) is 6.07 Å². The predicted octanol–water partition coefficient (Wildman–Crippen LogP) is 2.91. The molecule has 2 N–H and O–H groups in total. The summed E-state index contributed by atoms with van der Waals surface area (Å²) in [5, 5.41) is 5.80. The lowest BCUT2D eigenvalue weighted by atomic mass is 9.86. The van der Waals surface area contributed by atoms with Gasteiger partial charge in [0.25, 0.3) is 0 Å². The van der Waals surface area contributed by atoms with E-state index in [1.807, 2.05) is 32.9 Å². The van der Waals surface area contributed by atoms with E-state index in [4.69, 9.17) is 4.74 Å². The Kier molecular flexibility index (Phi) is 6.01. The number of nitrogens with zero attached hydrogens (tertiary/aromatic N) is 1. The minimum atomic E-state index is -0.444. The van der Waals surface area contributed by atoms with Crippen molar-refractivity contribution in [3.63, 3.8) is 0 Å². The van der Waals surface area contributed by atoms with Crippen LogP contribution in [0.1, 0.15) is 70.8 Å². The maximum Gasteiger partial charge on any atom is 0.309 e. The summed E-state index contributed by atoms with van der Waals surface area (Å²) in [6.07, 6.45) is 5.97. The van der Waals surface area contributed by atoms with Gasteiger partial charge < -0.3 is 10.1 Å². The van der Waals surface area contributed by atoms with Crippen LogP contribution in [0.3, 0.4) is 0 Å². The Bertz CT molecular complexity index is 731. The number of carbonyl (C=O) groups is 3. The summed E-state index contributed by atoms with van der Waals surface area (Å²) in [5.41, 5.74) is 0.379. The molecule has 0 radical (unpaired) electrons. The van der Waals surface area contributed by atoms with Crippen LogP contribution in [0.15, 0.2) is 18.3 Å². The second-order valence-electron chi connectivity index (χ2n) is 8.71. The van der Waals surface area contributed by atoms with E-state index in [1.165, 1.54) is 0 Å². The zero-order valence-corrected chi connectivity index (χ0v) is 16.8. The summed E-state index contributed by atoms with van der Waals surface area (Å²) in [4.78, 5) is 39.9. The van der Waals surface area contributed by atoms with Crippen LogP contribution in [0.5, 0.6) is 0 Å². The van der Waals surface area contributed by atoms with E-state index in [9.17, 15) is 14.4 Å². The summed E-state index contributed by atoms with van der Waals surface area (Å²) in [6, 6.07) is 4.04. The van der Waals surface area contributed by atoms with Crippen molar-refractivity contribution in [3.8, 4) is 0 Å². The SMILES string of the molecule is CC(C)(C)OC(=O)C1CCC(Nc2ccc(C3CCC(=O)NC3=O)cn2)CC1. The Hall–Kier alpha value is -2.44. The maximum absolute atomic E-state index is 12.2. The molecule has 28 heavy (non-hydrogen) atoms. The summed E-state index contributed by atoms with van der Waals surface area (Å²) in [6.45, 7) is 5.67. The number of piperidine rings is 1. The smallest absolute Gasteiger partial charge is 0.309 e. The molecule has 2 aliphatic rings. The number of rotatable bonds is 4. The number of ether oxygens (including phenoxy) is 1. The molecular formula is C21H29N3O4. The molecule has 1 aromatic heterocycles. The van der Waals surface area contributed by atoms with E-state index >= 15 is 0 Å².